The van der Waals surface area contributed by atoms with Gasteiger partial charge in [0.05, 0.1) is 0 Å². The summed E-state index contributed by atoms with van der Waals surface area (Å²) < 4.78 is 68.5. The van der Waals surface area contributed by atoms with Gasteiger partial charge in [0, 0.05) is 0 Å². The van der Waals surface area contributed by atoms with Crippen molar-refractivity contribution in [1.82, 2.24) is 0 Å². The Hall–Kier alpha value is -1.44. The van der Waals surface area contributed by atoms with Gasteiger partial charge in [-0.3, -0.25) is 4.74 Å². The molecule has 0 saturated heterocycles. The minimum atomic E-state index is -5.38. The summed E-state index contributed by atoms with van der Waals surface area (Å²) in [7, 11) is 0. The highest BCUT2D eigenvalue weighted by molar-refractivity contribution is 5.43. The molecule has 0 aromatic heterocycles. The maximum Gasteiger partial charge on any atom is 0.445 e. The molecule has 0 fully saturated rings. The zero-order valence-electron chi connectivity index (χ0n) is 13.2. The molecule has 2 nitrogen and oxygen atoms in total. The lowest BCUT2D eigenvalue weighted by Crippen LogP contribution is -2.28. The second-order valence-corrected chi connectivity index (χ2v) is 5.35. The van der Waals surface area contributed by atoms with Crippen LogP contribution in [0.2, 0.25) is 0 Å². The number of ether oxygens (including phenoxy) is 1. The number of phenolic OH excluding ortho intramolecular Hbond substituents is 1. The largest absolute Gasteiger partial charge is 0.507 e. The van der Waals surface area contributed by atoms with Crippen molar-refractivity contribution in [1.29, 1.82) is 0 Å². The Morgan fingerprint density at radius 3 is 1.52 bits per heavy atom. The molecule has 134 valence electrons. The van der Waals surface area contributed by atoms with Crippen LogP contribution in [0, 0.1) is 0 Å². The molecule has 0 heterocycles. The van der Waals surface area contributed by atoms with Crippen molar-refractivity contribution in [2.75, 3.05) is 0 Å². The van der Waals surface area contributed by atoms with Gasteiger partial charge in [0.15, 0.2) is 0 Å². The number of benzene rings is 1. The molecule has 0 amide bonds. The van der Waals surface area contributed by atoms with Crippen molar-refractivity contribution < 1.29 is 36.2 Å². The summed E-state index contributed by atoms with van der Waals surface area (Å²) in [6.45, 7) is 4.63. The lowest BCUT2D eigenvalue weighted by Gasteiger charge is -2.14. The van der Waals surface area contributed by atoms with E-state index in [9.17, 15) is 31.4 Å². The van der Waals surface area contributed by atoms with E-state index in [2.05, 4.69) is 32.4 Å². The molecule has 0 spiro atoms. The maximum atomic E-state index is 11.3. The van der Waals surface area contributed by atoms with Crippen molar-refractivity contribution >= 4 is 0 Å². The van der Waals surface area contributed by atoms with Crippen molar-refractivity contribution in [3.63, 3.8) is 0 Å². The van der Waals surface area contributed by atoms with Crippen molar-refractivity contribution in [3.8, 4) is 5.75 Å². The van der Waals surface area contributed by atoms with Crippen LogP contribution in [-0.2, 0) is 4.74 Å². The Bertz CT molecular complexity index is 445. The summed E-state index contributed by atoms with van der Waals surface area (Å²) in [5.41, 5.74) is 2.09. The van der Waals surface area contributed by atoms with E-state index in [-0.39, 0.29) is 0 Å². The first-order valence-corrected chi connectivity index (χ1v) is 6.84. The Morgan fingerprint density at radius 1 is 0.913 bits per heavy atom. The average Bonchev–Trinajstić information content (AvgIpc) is 2.37. The molecule has 0 saturated carbocycles. The van der Waals surface area contributed by atoms with Crippen LogP contribution in [0.3, 0.4) is 0 Å². The van der Waals surface area contributed by atoms with Crippen LogP contribution >= 0.6 is 0 Å². The topological polar surface area (TPSA) is 29.5 Å². The summed E-state index contributed by atoms with van der Waals surface area (Å²) in [5, 5.41) is 9.93. The molecule has 0 aliphatic carbocycles. The molecular weight excluding hydrogens is 326 g/mol. The summed E-state index contributed by atoms with van der Waals surface area (Å²) in [6, 6.07) is 6.00. The predicted octanol–water partition coefficient (Wildman–Crippen LogP) is 5.72. The monoisotopic (exact) mass is 346 g/mol. The van der Waals surface area contributed by atoms with E-state index in [1.807, 2.05) is 18.2 Å². The van der Waals surface area contributed by atoms with E-state index < -0.39 is 19.1 Å². The van der Waals surface area contributed by atoms with Gasteiger partial charge in [0.25, 0.3) is 6.36 Å². The van der Waals surface area contributed by atoms with Gasteiger partial charge in [0.1, 0.15) is 5.75 Å². The van der Waals surface area contributed by atoms with Crippen LogP contribution in [-0.4, -0.2) is 24.3 Å². The van der Waals surface area contributed by atoms with Gasteiger partial charge in [-0.2, -0.15) is 22.0 Å². The number of rotatable bonds is 4. The molecular formula is C15H20F6O2. The third-order valence-electron chi connectivity index (χ3n) is 2.82. The third kappa shape index (κ3) is 7.58. The van der Waals surface area contributed by atoms with Crippen LogP contribution in [0.25, 0.3) is 0 Å². The molecule has 0 aliphatic rings. The smallest absolute Gasteiger partial charge is 0.445 e. The van der Waals surface area contributed by atoms with Gasteiger partial charge in [0.2, 0.25) is 0 Å². The second-order valence-electron chi connectivity index (χ2n) is 5.35. The van der Waals surface area contributed by atoms with Crippen LogP contribution in [0.4, 0.5) is 26.3 Å². The second kappa shape index (κ2) is 9.00. The van der Waals surface area contributed by atoms with Crippen molar-refractivity contribution in [2.24, 2.45) is 0 Å². The number of alkyl halides is 6. The zero-order chi connectivity index (χ0) is 18.4. The lowest BCUT2D eigenvalue weighted by molar-refractivity contribution is -0.312. The van der Waals surface area contributed by atoms with Crippen molar-refractivity contribution in [2.45, 2.75) is 58.7 Å². The molecule has 1 unspecified atom stereocenters. The number of para-hydroxylation sites is 1. The minimum absolute atomic E-state index is 0.388. The fraction of sp³-hybridized carbons (Fsp3) is 0.600. The Balaban J connectivity index is 0.000000438. The molecule has 0 aliphatic heterocycles. The normalized spacial score (nSPS) is 13.3. The quantitative estimate of drug-likeness (QED) is 0.706. The predicted molar refractivity (Wildman–Crippen MR) is 74.3 cm³/mol. The van der Waals surface area contributed by atoms with Gasteiger partial charge < -0.3 is 5.11 Å². The number of phenols is 1. The van der Waals surface area contributed by atoms with Crippen LogP contribution in [0.5, 0.6) is 5.75 Å². The standard InChI is InChI=1S/C12H18O.C3H2F6O/c1-8(2)10-6-5-7-11(9(3)4)12(10)13;4-1(3(7,8)9)10-2(5)6/h5-9,13H,1-4H3;1-2H. The molecule has 0 bridgehead atoms. The van der Waals surface area contributed by atoms with Gasteiger partial charge in [-0.05, 0) is 23.0 Å². The van der Waals surface area contributed by atoms with E-state index in [0.29, 0.717) is 17.6 Å². The first-order chi connectivity index (χ1) is 10.4. The van der Waals surface area contributed by atoms with Crippen molar-refractivity contribution in [3.05, 3.63) is 29.3 Å². The molecule has 1 N–H and O–H groups in total. The number of halogens is 6. The van der Waals surface area contributed by atoms with E-state index in [4.69, 9.17) is 0 Å². The molecule has 1 aromatic rings. The fourth-order valence-corrected chi connectivity index (χ4v) is 1.68. The summed E-state index contributed by atoms with van der Waals surface area (Å²) in [5.74, 6) is 1.25. The highest BCUT2D eigenvalue weighted by atomic mass is 19.4. The minimum Gasteiger partial charge on any atom is -0.507 e. The Kier molecular flexibility index (Phi) is 8.44. The van der Waals surface area contributed by atoms with Gasteiger partial charge in [-0.25, -0.2) is 4.39 Å². The summed E-state index contributed by atoms with van der Waals surface area (Å²) in [4.78, 5) is 0. The molecule has 8 heteroatoms. The Labute approximate surface area is 131 Å². The highest BCUT2D eigenvalue weighted by Gasteiger charge is 2.43. The van der Waals surface area contributed by atoms with E-state index in [0.717, 1.165) is 11.1 Å². The molecule has 1 atom stereocenters. The fourth-order valence-electron chi connectivity index (χ4n) is 1.68. The van der Waals surface area contributed by atoms with E-state index in [1.54, 1.807) is 0 Å². The highest BCUT2D eigenvalue weighted by Crippen LogP contribution is 2.32. The third-order valence-corrected chi connectivity index (χ3v) is 2.82. The lowest BCUT2D eigenvalue weighted by atomic mass is 9.94. The molecule has 23 heavy (non-hydrogen) atoms. The Morgan fingerprint density at radius 2 is 1.30 bits per heavy atom. The first-order valence-electron chi connectivity index (χ1n) is 6.84. The number of hydrogen-bond donors (Lipinski definition) is 1. The SMILES string of the molecule is CC(C)c1cccc(C(C)C)c1O.FC(F)OC(F)C(F)(F)F. The number of hydrogen-bond acceptors (Lipinski definition) is 2. The average molecular weight is 346 g/mol. The van der Waals surface area contributed by atoms with Gasteiger partial charge in [-0.1, -0.05) is 45.9 Å². The van der Waals surface area contributed by atoms with E-state index in [1.165, 1.54) is 0 Å². The van der Waals surface area contributed by atoms with Gasteiger partial charge >= 0.3 is 12.8 Å². The summed E-state index contributed by atoms with van der Waals surface area (Å²) >= 11 is 0. The van der Waals surface area contributed by atoms with Crippen LogP contribution in [0.15, 0.2) is 18.2 Å². The first kappa shape index (κ1) is 21.6. The van der Waals surface area contributed by atoms with Crippen LogP contribution in [0.1, 0.15) is 50.7 Å². The molecule has 1 rings (SSSR count). The molecule has 1 aromatic carbocycles. The van der Waals surface area contributed by atoms with Gasteiger partial charge in [-0.15, -0.1) is 0 Å². The van der Waals surface area contributed by atoms with E-state index >= 15 is 0 Å². The number of aromatic hydroxyl groups is 1. The summed E-state index contributed by atoms with van der Waals surface area (Å²) in [6.07, 6.45) is -9.29. The van der Waals surface area contributed by atoms with Crippen LogP contribution < -0.4 is 0 Å². The maximum absolute atomic E-state index is 11.3. The molecule has 0 radical (unpaired) electrons. The zero-order valence-corrected chi connectivity index (χ0v) is 13.2.